The van der Waals surface area contributed by atoms with Crippen molar-refractivity contribution in [2.24, 2.45) is 0 Å². The highest BCUT2D eigenvalue weighted by atomic mass is 16.4. The van der Waals surface area contributed by atoms with Crippen molar-refractivity contribution in [1.29, 1.82) is 0 Å². The van der Waals surface area contributed by atoms with Crippen LogP contribution in [0.4, 0.5) is 4.79 Å². The average molecular weight is 1170 g/mol. The average Bonchev–Trinajstić information content (AvgIpc) is 3.56. The number of hydrogen-bond acceptors (Lipinski definition) is 16. The standard InChI is InChI=1S/C55H83N11O17/c1-39-13-14-41(33-58-39)34-66(23-9-6-10-43(53(79)80)60-55(83)61-44(54(81)82)19-20-48(70)71)52(78)42-17-15-40(16-18-42)32-59-46(68)12-5-8-22-56-45(67)11-4-2-3-7-21-57-47(69)35-62-24-26-63(36-49(72)73)28-30-65(38-51(76)77)31-29-64(27-25-62)37-50(74)75/h13-18,33,43-44H,2-12,19-32,34-38H2,1H3,(H,56,67)(H,57,69)(H,59,68)(H,70,71)(H,72,73)(H,74,75)(H,76,77)(H,79,80)(H,81,82)(H2,60,61,83)/t43-,44-/m1/s1. The second-order valence-electron chi connectivity index (χ2n) is 20.4. The molecule has 2 atom stereocenters. The number of aliphatic carboxylic acids is 6. The van der Waals surface area contributed by atoms with Gasteiger partial charge in [0.25, 0.3) is 5.91 Å². The zero-order valence-corrected chi connectivity index (χ0v) is 47.3. The van der Waals surface area contributed by atoms with Crippen LogP contribution >= 0.6 is 0 Å². The number of nitrogens with zero attached hydrogens (tertiary/aromatic N) is 6. The second kappa shape index (κ2) is 38.8. The molecule has 6 amide bonds. The summed E-state index contributed by atoms with van der Waals surface area (Å²) in [5.74, 6) is -8.01. The van der Waals surface area contributed by atoms with Gasteiger partial charge in [0, 0.05) is 122 Å². The van der Waals surface area contributed by atoms with E-state index >= 15 is 0 Å². The molecule has 1 aromatic carbocycles. The molecule has 1 fully saturated rings. The molecule has 28 nitrogen and oxygen atoms in total. The molecule has 1 saturated heterocycles. The van der Waals surface area contributed by atoms with Gasteiger partial charge in [-0.15, -0.1) is 0 Å². The SMILES string of the molecule is Cc1ccc(CN(CCCC[C@@H](NC(=O)N[C@H](CCC(=O)O)C(=O)O)C(=O)O)C(=O)c2ccc(CNC(=O)CCCCNC(=O)CCCCCCNC(=O)CN3CCN(CC(=O)O)CCN(CC(=O)O)CCN(CC(=O)O)CC3)cc2)cn1. The number of hydrogen-bond donors (Lipinski definition) is 11. The third kappa shape index (κ3) is 31.3. The summed E-state index contributed by atoms with van der Waals surface area (Å²) in [6.07, 6.45) is 5.90. The van der Waals surface area contributed by atoms with Crippen LogP contribution in [0.15, 0.2) is 42.6 Å². The number of carbonyl (C=O) groups excluding carboxylic acids is 5. The summed E-state index contributed by atoms with van der Waals surface area (Å²) in [4.78, 5) is 146. The van der Waals surface area contributed by atoms with Crippen LogP contribution in [0.25, 0.3) is 0 Å². The summed E-state index contributed by atoms with van der Waals surface area (Å²) in [6, 6.07) is 6.40. The van der Waals surface area contributed by atoms with Crippen LogP contribution < -0.4 is 26.6 Å². The number of carboxylic acid groups (broad SMARTS) is 6. The van der Waals surface area contributed by atoms with Crippen molar-refractivity contribution >= 4 is 65.5 Å². The van der Waals surface area contributed by atoms with E-state index in [0.717, 1.165) is 29.7 Å². The van der Waals surface area contributed by atoms with E-state index in [9.17, 15) is 78.3 Å². The van der Waals surface area contributed by atoms with Crippen LogP contribution in [-0.4, -0.2) is 236 Å². The molecule has 11 N–H and O–H groups in total. The zero-order valence-electron chi connectivity index (χ0n) is 47.3. The molecular weight excluding hydrogens is 1090 g/mol. The molecule has 83 heavy (non-hydrogen) atoms. The third-order valence-corrected chi connectivity index (χ3v) is 13.5. The number of rotatable bonds is 37. The third-order valence-electron chi connectivity index (χ3n) is 13.5. The lowest BCUT2D eigenvalue weighted by Crippen LogP contribution is -2.51. The summed E-state index contributed by atoms with van der Waals surface area (Å²) < 4.78 is 0. The van der Waals surface area contributed by atoms with Gasteiger partial charge < -0.3 is 62.1 Å². The summed E-state index contributed by atoms with van der Waals surface area (Å²) in [6.45, 7) is 4.95. The van der Waals surface area contributed by atoms with E-state index < -0.39 is 66.8 Å². The summed E-state index contributed by atoms with van der Waals surface area (Å²) in [5.41, 5.74) is 2.67. The molecule has 0 radical (unpaired) electrons. The molecule has 1 aliphatic heterocycles. The fraction of sp³-hybridized carbons (Fsp3) is 0.600. The monoisotopic (exact) mass is 1170 g/mol. The van der Waals surface area contributed by atoms with E-state index in [0.29, 0.717) is 83.4 Å². The van der Waals surface area contributed by atoms with E-state index in [-0.39, 0.29) is 115 Å². The predicted octanol–water partition coefficient (Wildman–Crippen LogP) is 0.718. The first kappa shape index (κ1) is 69.4. The van der Waals surface area contributed by atoms with E-state index in [4.69, 9.17) is 5.11 Å². The van der Waals surface area contributed by atoms with E-state index in [2.05, 4.69) is 31.6 Å². The molecule has 0 bridgehead atoms. The van der Waals surface area contributed by atoms with Crippen molar-refractivity contribution in [2.45, 2.75) is 116 Å². The normalized spacial score (nSPS) is 14.6. The Labute approximate surface area is 482 Å². The molecule has 1 aromatic heterocycles. The summed E-state index contributed by atoms with van der Waals surface area (Å²) >= 11 is 0. The van der Waals surface area contributed by atoms with Crippen LogP contribution in [0, 0.1) is 6.92 Å². The predicted molar refractivity (Wildman–Crippen MR) is 299 cm³/mol. The van der Waals surface area contributed by atoms with Gasteiger partial charge in [-0.05, 0) is 87.6 Å². The summed E-state index contributed by atoms with van der Waals surface area (Å²) in [7, 11) is 0. The molecule has 2 heterocycles. The first-order chi connectivity index (χ1) is 39.6. The van der Waals surface area contributed by atoms with Gasteiger partial charge in [-0.3, -0.25) is 62.9 Å². The molecule has 460 valence electrons. The fourth-order valence-corrected chi connectivity index (χ4v) is 8.86. The number of aromatic nitrogens is 1. The molecule has 1 aliphatic rings. The van der Waals surface area contributed by atoms with Gasteiger partial charge in [0.05, 0.1) is 26.2 Å². The van der Waals surface area contributed by atoms with Crippen LogP contribution in [0.1, 0.15) is 111 Å². The number of urea groups is 1. The minimum absolute atomic E-state index is 0.0263. The van der Waals surface area contributed by atoms with Gasteiger partial charge in [-0.1, -0.05) is 31.0 Å². The lowest BCUT2D eigenvalue weighted by molar-refractivity contribution is -0.141. The van der Waals surface area contributed by atoms with Gasteiger partial charge in [-0.25, -0.2) is 14.4 Å². The number of pyridine rings is 1. The summed E-state index contributed by atoms with van der Waals surface area (Å²) in [5, 5.41) is 69.2. The highest BCUT2D eigenvalue weighted by Crippen LogP contribution is 2.15. The van der Waals surface area contributed by atoms with Crippen molar-refractivity contribution < 1.29 is 83.4 Å². The highest BCUT2D eigenvalue weighted by molar-refractivity contribution is 5.94. The second-order valence-corrected chi connectivity index (χ2v) is 20.4. The van der Waals surface area contributed by atoms with Gasteiger partial charge in [0.2, 0.25) is 17.7 Å². The van der Waals surface area contributed by atoms with Crippen LogP contribution in [0.5, 0.6) is 0 Å². The largest absolute Gasteiger partial charge is 0.481 e. The maximum atomic E-state index is 13.8. The Morgan fingerprint density at radius 1 is 0.494 bits per heavy atom. The van der Waals surface area contributed by atoms with Crippen molar-refractivity contribution in [3.8, 4) is 0 Å². The van der Waals surface area contributed by atoms with Crippen LogP contribution in [0.3, 0.4) is 0 Å². The van der Waals surface area contributed by atoms with Gasteiger partial charge in [-0.2, -0.15) is 0 Å². The quantitative estimate of drug-likeness (QED) is 0.0415. The maximum absolute atomic E-state index is 13.8. The molecule has 0 unspecified atom stereocenters. The zero-order chi connectivity index (χ0) is 61.1. The van der Waals surface area contributed by atoms with Crippen molar-refractivity contribution in [3.63, 3.8) is 0 Å². The molecule has 28 heteroatoms. The van der Waals surface area contributed by atoms with Gasteiger partial charge in [0.15, 0.2) is 0 Å². The molecule has 0 saturated carbocycles. The Bertz CT molecular complexity index is 2400. The number of carbonyl (C=O) groups is 11. The van der Waals surface area contributed by atoms with Crippen LogP contribution in [-0.2, 0) is 56.2 Å². The minimum Gasteiger partial charge on any atom is -0.481 e. The molecule has 3 rings (SSSR count). The number of aryl methyl sites for hydroxylation is 1. The lowest BCUT2D eigenvalue weighted by atomic mass is 10.1. The number of nitrogens with one attached hydrogen (secondary N) is 5. The number of unbranched alkanes of at least 4 members (excludes halogenated alkanes) is 5. The van der Waals surface area contributed by atoms with E-state index in [1.54, 1.807) is 50.1 Å². The molecule has 0 aliphatic carbocycles. The number of benzene rings is 1. The Hall–Kier alpha value is -7.82. The first-order valence-corrected chi connectivity index (χ1v) is 28.0. The van der Waals surface area contributed by atoms with Crippen molar-refractivity contribution in [1.82, 2.24) is 56.1 Å². The number of amides is 6. The minimum atomic E-state index is -1.54. The first-order valence-electron chi connectivity index (χ1n) is 28.0. The van der Waals surface area contributed by atoms with Crippen LogP contribution in [0.2, 0.25) is 0 Å². The Kier molecular flexibility index (Phi) is 32.5. The molecule has 2 aromatic rings. The Balaban J connectivity index is 1.34. The van der Waals surface area contributed by atoms with E-state index in [1.807, 2.05) is 24.0 Å². The van der Waals surface area contributed by atoms with Gasteiger partial charge in [0.1, 0.15) is 12.1 Å². The van der Waals surface area contributed by atoms with E-state index in [1.165, 1.54) is 0 Å². The highest BCUT2D eigenvalue weighted by Gasteiger charge is 2.26. The Morgan fingerprint density at radius 2 is 0.952 bits per heavy atom. The smallest absolute Gasteiger partial charge is 0.326 e. The molecular formula is C55H83N11O17. The molecule has 0 spiro atoms. The fourth-order valence-electron chi connectivity index (χ4n) is 8.86. The van der Waals surface area contributed by atoms with Crippen molar-refractivity contribution in [2.75, 3.05) is 98.2 Å². The lowest BCUT2D eigenvalue weighted by Gasteiger charge is -2.32. The van der Waals surface area contributed by atoms with Gasteiger partial charge >= 0.3 is 41.8 Å². The van der Waals surface area contributed by atoms with Crippen molar-refractivity contribution in [3.05, 3.63) is 65.0 Å². The topological polar surface area (TPSA) is 398 Å². The Morgan fingerprint density at radius 3 is 1.45 bits per heavy atom. The number of carboxylic acids is 6. The maximum Gasteiger partial charge on any atom is 0.326 e.